The first-order valence-electron chi connectivity index (χ1n) is 6.44. The van der Waals surface area contributed by atoms with Gasteiger partial charge >= 0.3 is 5.97 Å². The summed E-state index contributed by atoms with van der Waals surface area (Å²) in [7, 11) is 0. The Morgan fingerprint density at radius 3 is 1.95 bits per heavy atom. The van der Waals surface area contributed by atoms with Gasteiger partial charge in [-0.1, -0.05) is 60.7 Å². The number of hydrogen-bond donors (Lipinski definition) is 1. The zero-order valence-corrected chi connectivity index (χ0v) is 11.3. The van der Waals surface area contributed by atoms with Crippen LogP contribution in [-0.2, 0) is 4.79 Å². The summed E-state index contributed by atoms with van der Waals surface area (Å²) in [6.07, 6.45) is 5.83. The van der Waals surface area contributed by atoms with Gasteiger partial charge in [-0.15, -0.1) is 0 Å². The molecule has 0 amide bonds. The molecular formula is C18H14O3. The molecule has 0 aliphatic carbocycles. The predicted octanol–water partition coefficient (Wildman–Crippen LogP) is 3.68. The van der Waals surface area contributed by atoms with Crippen LogP contribution < -0.4 is 0 Å². The van der Waals surface area contributed by atoms with Crippen LogP contribution in [0.3, 0.4) is 0 Å². The zero-order chi connectivity index (χ0) is 15.1. The lowest BCUT2D eigenvalue weighted by atomic mass is 10.1. The summed E-state index contributed by atoms with van der Waals surface area (Å²) in [6.45, 7) is 0. The normalized spacial score (nSPS) is 11.0. The number of allylic oxidation sites excluding steroid dienone is 1. The summed E-state index contributed by atoms with van der Waals surface area (Å²) in [4.78, 5) is 22.4. The van der Waals surface area contributed by atoms with E-state index in [-0.39, 0.29) is 5.78 Å². The Hall–Kier alpha value is -2.94. The number of aliphatic carboxylic acids is 1. The lowest BCUT2D eigenvalue weighted by Gasteiger charge is -1.97. The van der Waals surface area contributed by atoms with E-state index in [1.165, 1.54) is 12.2 Å². The molecule has 0 aliphatic rings. The van der Waals surface area contributed by atoms with Gasteiger partial charge in [0, 0.05) is 11.6 Å². The van der Waals surface area contributed by atoms with Crippen molar-refractivity contribution in [2.24, 2.45) is 0 Å². The largest absolute Gasteiger partial charge is 0.478 e. The Morgan fingerprint density at radius 2 is 1.33 bits per heavy atom. The van der Waals surface area contributed by atoms with Gasteiger partial charge in [-0.3, -0.25) is 4.79 Å². The Morgan fingerprint density at radius 1 is 0.762 bits per heavy atom. The Kier molecular flexibility index (Phi) is 4.83. The average Bonchev–Trinajstić information content (AvgIpc) is 2.52. The molecule has 0 bridgehead atoms. The van der Waals surface area contributed by atoms with Crippen molar-refractivity contribution >= 4 is 23.9 Å². The molecule has 3 heteroatoms. The lowest BCUT2D eigenvalue weighted by Crippen LogP contribution is -1.93. The molecule has 0 heterocycles. The van der Waals surface area contributed by atoms with Gasteiger partial charge in [-0.05, 0) is 23.3 Å². The van der Waals surface area contributed by atoms with Crippen molar-refractivity contribution in [3.63, 3.8) is 0 Å². The minimum absolute atomic E-state index is 0.0902. The number of carboxylic acids is 1. The molecule has 2 aromatic rings. The Labute approximate surface area is 122 Å². The first-order chi connectivity index (χ1) is 10.1. The first kappa shape index (κ1) is 14.5. The van der Waals surface area contributed by atoms with Crippen LogP contribution >= 0.6 is 0 Å². The third kappa shape index (κ3) is 4.58. The van der Waals surface area contributed by atoms with Crippen molar-refractivity contribution in [1.29, 1.82) is 0 Å². The average molecular weight is 278 g/mol. The SMILES string of the molecule is O=C(O)/C=C/c1ccc(C(=O)/C=C/c2ccccc2)cc1. The lowest BCUT2D eigenvalue weighted by molar-refractivity contribution is -0.131. The molecule has 1 N–H and O–H groups in total. The van der Waals surface area contributed by atoms with E-state index in [1.807, 2.05) is 30.3 Å². The summed E-state index contributed by atoms with van der Waals surface area (Å²) in [6, 6.07) is 16.4. The second kappa shape index (κ2) is 7.01. The molecule has 21 heavy (non-hydrogen) atoms. The van der Waals surface area contributed by atoms with Crippen molar-refractivity contribution in [2.75, 3.05) is 0 Å². The molecule has 0 saturated heterocycles. The molecule has 0 fully saturated rings. The van der Waals surface area contributed by atoms with E-state index in [4.69, 9.17) is 5.11 Å². The molecule has 0 radical (unpaired) electrons. The fraction of sp³-hybridized carbons (Fsp3) is 0. The van der Waals surface area contributed by atoms with E-state index in [9.17, 15) is 9.59 Å². The number of rotatable bonds is 5. The quantitative estimate of drug-likeness (QED) is 0.670. The first-order valence-corrected chi connectivity index (χ1v) is 6.44. The van der Waals surface area contributed by atoms with E-state index in [0.717, 1.165) is 17.2 Å². The molecule has 0 saturated carbocycles. The van der Waals surface area contributed by atoms with E-state index in [2.05, 4.69) is 0 Å². The van der Waals surface area contributed by atoms with Gasteiger partial charge in [0.1, 0.15) is 0 Å². The van der Waals surface area contributed by atoms with Crippen molar-refractivity contribution < 1.29 is 14.7 Å². The summed E-state index contributed by atoms with van der Waals surface area (Å²) in [5.74, 6) is -1.09. The molecule has 2 rings (SSSR count). The summed E-state index contributed by atoms with van der Waals surface area (Å²) < 4.78 is 0. The highest BCUT2D eigenvalue weighted by molar-refractivity contribution is 6.06. The molecule has 0 aromatic heterocycles. The number of carboxylic acid groups (broad SMARTS) is 1. The topological polar surface area (TPSA) is 54.4 Å². The molecule has 0 atom stereocenters. The summed E-state index contributed by atoms with van der Waals surface area (Å²) in [5.41, 5.74) is 2.27. The van der Waals surface area contributed by atoms with Crippen LogP contribution in [0.25, 0.3) is 12.2 Å². The monoisotopic (exact) mass is 278 g/mol. The maximum atomic E-state index is 12.0. The van der Waals surface area contributed by atoms with E-state index >= 15 is 0 Å². The van der Waals surface area contributed by atoms with Crippen molar-refractivity contribution in [3.8, 4) is 0 Å². The van der Waals surface area contributed by atoms with E-state index in [0.29, 0.717) is 5.56 Å². The fourth-order valence-electron chi connectivity index (χ4n) is 1.76. The van der Waals surface area contributed by atoms with Crippen LogP contribution in [0.4, 0.5) is 0 Å². The van der Waals surface area contributed by atoms with Crippen LogP contribution in [0, 0.1) is 0 Å². The third-order valence-corrected chi connectivity index (χ3v) is 2.84. The van der Waals surface area contributed by atoms with Gasteiger partial charge in [-0.25, -0.2) is 4.79 Å². The van der Waals surface area contributed by atoms with E-state index < -0.39 is 5.97 Å². The minimum atomic E-state index is -0.999. The van der Waals surface area contributed by atoms with Crippen molar-refractivity contribution in [1.82, 2.24) is 0 Å². The molecule has 104 valence electrons. The van der Waals surface area contributed by atoms with Crippen LogP contribution in [0.1, 0.15) is 21.5 Å². The smallest absolute Gasteiger partial charge is 0.328 e. The standard InChI is InChI=1S/C18H14O3/c19-17(12-8-14-4-2-1-3-5-14)16-10-6-15(7-11-16)9-13-18(20)21/h1-13H,(H,20,21)/b12-8+,13-9+. The van der Waals surface area contributed by atoms with Crippen molar-refractivity contribution in [2.45, 2.75) is 0 Å². The second-order valence-corrected chi connectivity index (χ2v) is 4.40. The number of benzene rings is 2. The van der Waals surface area contributed by atoms with Gasteiger partial charge in [0.15, 0.2) is 5.78 Å². The van der Waals surface area contributed by atoms with Crippen molar-refractivity contribution in [3.05, 3.63) is 83.4 Å². The Balaban J connectivity index is 2.06. The maximum absolute atomic E-state index is 12.0. The highest BCUT2D eigenvalue weighted by Gasteiger charge is 2.01. The summed E-state index contributed by atoms with van der Waals surface area (Å²) in [5, 5.41) is 8.55. The number of hydrogen-bond acceptors (Lipinski definition) is 2. The van der Waals surface area contributed by atoms with Crippen LogP contribution in [0.15, 0.2) is 66.7 Å². The number of ketones is 1. The minimum Gasteiger partial charge on any atom is -0.478 e. The molecule has 3 nitrogen and oxygen atoms in total. The fourth-order valence-corrected chi connectivity index (χ4v) is 1.76. The van der Waals surface area contributed by atoms with Gasteiger partial charge in [0.05, 0.1) is 0 Å². The van der Waals surface area contributed by atoms with Gasteiger partial charge in [-0.2, -0.15) is 0 Å². The van der Waals surface area contributed by atoms with Crippen LogP contribution in [-0.4, -0.2) is 16.9 Å². The number of carbonyl (C=O) groups excluding carboxylic acids is 1. The molecule has 0 unspecified atom stereocenters. The second-order valence-electron chi connectivity index (χ2n) is 4.40. The molecule has 0 aliphatic heterocycles. The molecule has 0 spiro atoms. The zero-order valence-electron chi connectivity index (χ0n) is 11.3. The van der Waals surface area contributed by atoms with Gasteiger partial charge in [0.25, 0.3) is 0 Å². The summed E-state index contributed by atoms with van der Waals surface area (Å²) >= 11 is 0. The third-order valence-electron chi connectivity index (χ3n) is 2.84. The highest BCUT2D eigenvalue weighted by Crippen LogP contribution is 2.09. The molecule has 2 aromatic carbocycles. The predicted molar refractivity (Wildman–Crippen MR) is 82.9 cm³/mol. The van der Waals surface area contributed by atoms with Crippen LogP contribution in [0.5, 0.6) is 0 Å². The maximum Gasteiger partial charge on any atom is 0.328 e. The van der Waals surface area contributed by atoms with Gasteiger partial charge in [0.2, 0.25) is 0 Å². The molecular weight excluding hydrogens is 264 g/mol. The Bertz CT molecular complexity index is 680. The van der Waals surface area contributed by atoms with Gasteiger partial charge < -0.3 is 5.11 Å². The highest BCUT2D eigenvalue weighted by atomic mass is 16.4. The number of carbonyl (C=O) groups is 2. The van der Waals surface area contributed by atoms with Crippen LogP contribution in [0.2, 0.25) is 0 Å². The van der Waals surface area contributed by atoms with E-state index in [1.54, 1.807) is 30.3 Å².